The molecule has 0 fully saturated rings. The van der Waals surface area contributed by atoms with Crippen molar-refractivity contribution in [2.24, 2.45) is 5.73 Å². The lowest BCUT2D eigenvalue weighted by Gasteiger charge is -2.22. The highest BCUT2D eigenvalue weighted by molar-refractivity contribution is 7.93. The van der Waals surface area contributed by atoms with Crippen LogP contribution in [0.2, 0.25) is 0 Å². The molecule has 2 aromatic carbocycles. The summed E-state index contributed by atoms with van der Waals surface area (Å²) in [7, 11) is -2.32. The molecule has 0 aliphatic carbocycles. The number of ether oxygens (including phenoxy) is 1. The summed E-state index contributed by atoms with van der Waals surface area (Å²) in [6.07, 6.45) is 1.55. The normalized spacial score (nSPS) is 11.1. The predicted octanol–water partition coefficient (Wildman–Crippen LogP) is 2.65. The number of amides is 1. The van der Waals surface area contributed by atoms with Crippen LogP contribution in [0.4, 0.5) is 5.13 Å². The number of nitrogens with zero attached hydrogens (tertiary/aromatic N) is 2. The van der Waals surface area contributed by atoms with Gasteiger partial charge in [-0.05, 0) is 42.0 Å². The van der Waals surface area contributed by atoms with E-state index in [1.54, 1.807) is 43.0 Å². The van der Waals surface area contributed by atoms with Crippen molar-refractivity contribution in [2.45, 2.75) is 11.4 Å². The largest absolute Gasteiger partial charge is 0.497 e. The SMILES string of the molecule is COc1ccc(CN(c2nccs2)S(=O)(=O)c2ccc(C(N)=O)cc2)cc1. The van der Waals surface area contributed by atoms with Gasteiger partial charge in [-0.3, -0.25) is 4.79 Å². The number of carbonyl (C=O) groups excluding carboxylic acids is 1. The monoisotopic (exact) mass is 403 g/mol. The molecule has 0 aliphatic rings. The Bertz CT molecular complexity index is 1020. The molecule has 0 saturated carbocycles. The van der Waals surface area contributed by atoms with Gasteiger partial charge in [0.25, 0.3) is 10.0 Å². The number of methoxy groups -OCH3 is 1. The quantitative estimate of drug-likeness (QED) is 0.653. The van der Waals surface area contributed by atoms with Crippen LogP contribution in [0.1, 0.15) is 15.9 Å². The molecule has 0 unspecified atom stereocenters. The number of rotatable bonds is 7. The number of sulfonamides is 1. The number of primary amides is 1. The van der Waals surface area contributed by atoms with E-state index in [9.17, 15) is 13.2 Å². The Morgan fingerprint density at radius 2 is 1.81 bits per heavy atom. The van der Waals surface area contributed by atoms with Gasteiger partial charge in [-0.2, -0.15) is 0 Å². The first-order valence-corrected chi connectivity index (χ1v) is 10.2. The first-order chi connectivity index (χ1) is 12.9. The third-order valence-corrected chi connectivity index (χ3v) is 6.50. The van der Waals surface area contributed by atoms with E-state index in [1.165, 1.54) is 39.9 Å². The van der Waals surface area contributed by atoms with Gasteiger partial charge in [-0.25, -0.2) is 17.7 Å². The molecule has 0 saturated heterocycles. The van der Waals surface area contributed by atoms with Gasteiger partial charge >= 0.3 is 0 Å². The molecular weight excluding hydrogens is 386 g/mol. The highest BCUT2D eigenvalue weighted by Crippen LogP contribution is 2.28. The van der Waals surface area contributed by atoms with E-state index in [2.05, 4.69) is 4.98 Å². The first-order valence-electron chi connectivity index (χ1n) is 7.87. The molecule has 0 atom stereocenters. The second kappa shape index (κ2) is 7.77. The Labute approximate surface area is 161 Å². The van der Waals surface area contributed by atoms with Crippen LogP contribution in [0, 0.1) is 0 Å². The fourth-order valence-electron chi connectivity index (χ4n) is 2.41. The molecule has 0 bridgehead atoms. The van der Waals surface area contributed by atoms with Crippen LogP contribution in [0.15, 0.2) is 65.0 Å². The van der Waals surface area contributed by atoms with Crippen molar-refractivity contribution in [2.75, 3.05) is 11.4 Å². The molecule has 140 valence electrons. The minimum absolute atomic E-state index is 0.0520. The van der Waals surface area contributed by atoms with Gasteiger partial charge in [0.15, 0.2) is 5.13 Å². The molecule has 3 aromatic rings. The van der Waals surface area contributed by atoms with Gasteiger partial charge in [0, 0.05) is 17.1 Å². The zero-order chi connectivity index (χ0) is 19.4. The molecule has 27 heavy (non-hydrogen) atoms. The van der Waals surface area contributed by atoms with Crippen molar-refractivity contribution in [1.29, 1.82) is 0 Å². The molecule has 0 radical (unpaired) electrons. The number of hydrogen-bond donors (Lipinski definition) is 1. The van der Waals surface area contributed by atoms with Crippen molar-refractivity contribution in [3.05, 3.63) is 71.2 Å². The highest BCUT2D eigenvalue weighted by atomic mass is 32.2. The number of aromatic nitrogens is 1. The van der Waals surface area contributed by atoms with Crippen LogP contribution in [0.5, 0.6) is 5.75 Å². The van der Waals surface area contributed by atoms with Crippen LogP contribution in [-0.2, 0) is 16.6 Å². The number of carbonyl (C=O) groups is 1. The van der Waals surface area contributed by atoms with Crippen LogP contribution < -0.4 is 14.8 Å². The average Bonchev–Trinajstić information content (AvgIpc) is 3.20. The summed E-state index contributed by atoms with van der Waals surface area (Å²) in [5.41, 5.74) is 6.24. The number of hydrogen-bond acceptors (Lipinski definition) is 6. The average molecular weight is 403 g/mol. The fraction of sp³-hybridized carbons (Fsp3) is 0.111. The van der Waals surface area contributed by atoms with Gasteiger partial charge in [0.1, 0.15) is 5.75 Å². The smallest absolute Gasteiger partial charge is 0.266 e. The second-order valence-electron chi connectivity index (χ2n) is 5.56. The summed E-state index contributed by atoms with van der Waals surface area (Å²) in [5, 5.41) is 2.06. The maximum Gasteiger partial charge on any atom is 0.266 e. The lowest BCUT2D eigenvalue weighted by molar-refractivity contribution is 0.1000. The molecule has 2 N–H and O–H groups in total. The molecule has 1 amide bonds. The van der Waals surface area contributed by atoms with E-state index in [1.807, 2.05) is 0 Å². The van der Waals surface area contributed by atoms with Gasteiger partial charge in [0.2, 0.25) is 5.91 Å². The van der Waals surface area contributed by atoms with Crippen LogP contribution in [0.3, 0.4) is 0 Å². The zero-order valence-electron chi connectivity index (χ0n) is 14.4. The van der Waals surface area contributed by atoms with Crippen molar-refractivity contribution >= 4 is 32.4 Å². The van der Waals surface area contributed by atoms with Crippen LogP contribution >= 0.6 is 11.3 Å². The summed E-state index contributed by atoms with van der Waals surface area (Å²) in [5.74, 6) is 0.0680. The molecule has 9 heteroatoms. The Kier molecular flexibility index (Phi) is 5.43. The Hall–Kier alpha value is -2.91. The Morgan fingerprint density at radius 1 is 1.15 bits per heavy atom. The highest BCUT2D eigenvalue weighted by Gasteiger charge is 2.27. The van der Waals surface area contributed by atoms with Crippen LogP contribution in [-0.4, -0.2) is 26.4 Å². The molecule has 1 aromatic heterocycles. The molecule has 3 rings (SSSR count). The topological polar surface area (TPSA) is 103 Å². The van der Waals surface area contributed by atoms with E-state index in [0.717, 1.165) is 5.56 Å². The van der Waals surface area contributed by atoms with E-state index in [0.29, 0.717) is 10.9 Å². The number of benzene rings is 2. The maximum atomic E-state index is 13.2. The van der Waals surface area contributed by atoms with Crippen molar-refractivity contribution in [1.82, 2.24) is 4.98 Å². The predicted molar refractivity (Wildman–Crippen MR) is 103 cm³/mol. The van der Waals surface area contributed by atoms with Crippen molar-refractivity contribution in [3.8, 4) is 5.75 Å². The minimum Gasteiger partial charge on any atom is -0.497 e. The van der Waals surface area contributed by atoms with Crippen LogP contribution in [0.25, 0.3) is 0 Å². The standard InChI is InChI=1S/C18H17N3O4S2/c1-25-15-6-2-13(3-7-15)12-21(18-20-10-11-26-18)27(23,24)16-8-4-14(5-9-16)17(19)22/h2-11H,12H2,1H3,(H2,19,22). The van der Waals surface area contributed by atoms with Gasteiger partial charge in [-0.1, -0.05) is 12.1 Å². The molecule has 0 spiro atoms. The summed E-state index contributed by atoms with van der Waals surface area (Å²) < 4.78 is 32.8. The minimum atomic E-state index is -3.88. The van der Waals surface area contributed by atoms with Gasteiger partial charge in [0.05, 0.1) is 18.6 Å². The third kappa shape index (κ3) is 4.09. The zero-order valence-corrected chi connectivity index (χ0v) is 16.0. The van der Waals surface area contributed by atoms with E-state index in [4.69, 9.17) is 10.5 Å². The van der Waals surface area contributed by atoms with E-state index in [-0.39, 0.29) is 17.0 Å². The first kappa shape index (κ1) is 18.9. The van der Waals surface area contributed by atoms with Crippen molar-refractivity contribution < 1.29 is 17.9 Å². The summed E-state index contributed by atoms with van der Waals surface area (Å²) in [6.45, 7) is 0.109. The summed E-state index contributed by atoms with van der Waals surface area (Å²) in [4.78, 5) is 15.4. The van der Waals surface area contributed by atoms with Crippen molar-refractivity contribution in [3.63, 3.8) is 0 Å². The summed E-state index contributed by atoms with van der Waals surface area (Å²) in [6, 6.07) is 12.6. The fourth-order valence-corrected chi connectivity index (χ4v) is 4.69. The lowest BCUT2D eigenvalue weighted by Crippen LogP contribution is -2.30. The number of thiazole rings is 1. The molecule has 7 nitrogen and oxygen atoms in total. The van der Waals surface area contributed by atoms with E-state index >= 15 is 0 Å². The molecule has 1 heterocycles. The second-order valence-corrected chi connectivity index (χ2v) is 8.30. The Balaban J connectivity index is 1.97. The lowest BCUT2D eigenvalue weighted by atomic mass is 10.2. The molecule has 0 aliphatic heterocycles. The Morgan fingerprint density at radius 3 is 2.33 bits per heavy atom. The van der Waals surface area contributed by atoms with Gasteiger partial charge in [-0.15, -0.1) is 11.3 Å². The summed E-state index contributed by atoms with van der Waals surface area (Å²) >= 11 is 1.22. The maximum absolute atomic E-state index is 13.2. The van der Waals surface area contributed by atoms with Gasteiger partial charge < -0.3 is 10.5 Å². The van der Waals surface area contributed by atoms with E-state index < -0.39 is 15.9 Å². The molecular formula is C18H17N3O4S2. The number of anilines is 1. The number of nitrogens with two attached hydrogens (primary N) is 1. The third-order valence-electron chi connectivity index (χ3n) is 3.84.